The average Bonchev–Trinajstić information content (AvgIpc) is 2.66. The SMILES string of the molecule is COC(=O)C1=C(N)Oc2c(oc(CO)cc2=O)[C@H]1c1ccc([N+](=O)[O-])c(Cl)c1. The Hall–Kier alpha value is -3.37. The molecule has 1 aliphatic heterocycles. The third-order valence-corrected chi connectivity index (χ3v) is 4.37. The van der Waals surface area contributed by atoms with Gasteiger partial charge in [-0.2, -0.15) is 0 Å². The average molecular weight is 409 g/mol. The number of hydrogen-bond acceptors (Lipinski definition) is 9. The van der Waals surface area contributed by atoms with Gasteiger partial charge in [-0.15, -0.1) is 0 Å². The topological polar surface area (TPSA) is 155 Å². The molecule has 0 bridgehead atoms. The number of methoxy groups -OCH3 is 1. The smallest absolute Gasteiger partial charge is 0.340 e. The molecule has 0 spiro atoms. The molecule has 0 amide bonds. The van der Waals surface area contributed by atoms with E-state index in [0.717, 1.165) is 19.2 Å². The lowest BCUT2D eigenvalue weighted by Gasteiger charge is -2.26. The molecule has 0 saturated carbocycles. The minimum absolute atomic E-state index is 0.0740. The second-order valence-electron chi connectivity index (χ2n) is 5.70. The normalized spacial score (nSPS) is 15.6. The second-order valence-corrected chi connectivity index (χ2v) is 6.11. The minimum atomic E-state index is -1.10. The first kappa shape index (κ1) is 19.4. The van der Waals surface area contributed by atoms with Crippen LogP contribution < -0.4 is 15.9 Å². The third-order valence-electron chi connectivity index (χ3n) is 4.07. The van der Waals surface area contributed by atoms with Crippen LogP contribution in [-0.2, 0) is 16.1 Å². The maximum Gasteiger partial charge on any atom is 0.340 e. The molecule has 3 rings (SSSR count). The van der Waals surface area contributed by atoms with Gasteiger partial charge in [0.2, 0.25) is 17.1 Å². The summed E-state index contributed by atoms with van der Waals surface area (Å²) in [5.74, 6) is -2.82. The van der Waals surface area contributed by atoms with Crippen LogP contribution in [0.25, 0.3) is 0 Å². The highest BCUT2D eigenvalue weighted by Gasteiger charge is 2.39. The Morgan fingerprint density at radius 2 is 2.14 bits per heavy atom. The molecule has 146 valence electrons. The van der Waals surface area contributed by atoms with Gasteiger partial charge in [0.25, 0.3) is 5.69 Å². The van der Waals surface area contributed by atoms with E-state index in [1.54, 1.807) is 0 Å². The largest absolute Gasteiger partial charge is 0.465 e. The van der Waals surface area contributed by atoms with Crippen molar-refractivity contribution >= 4 is 23.3 Å². The van der Waals surface area contributed by atoms with Crippen molar-refractivity contribution in [2.75, 3.05) is 7.11 Å². The lowest BCUT2D eigenvalue weighted by molar-refractivity contribution is -0.384. The van der Waals surface area contributed by atoms with E-state index < -0.39 is 28.8 Å². The minimum Gasteiger partial charge on any atom is -0.465 e. The molecule has 0 saturated heterocycles. The zero-order valence-corrected chi connectivity index (χ0v) is 15.1. The summed E-state index contributed by atoms with van der Waals surface area (Å²) in [6.07, 6.45) is 0. The number of carbonyl (C=O) groups is 1. The van der Waals surface area contributed by atoms with E-state index in [-0.39, 0.29) is 45.0 Å². The summed E-state index contributed by atoms with van der Waals surface area (Å²) in [6, 6.07) is 4.76. The van der Waals surface area contributed by atoms with Crippen molar-refractivity contribution < 1.29 is 28.7 Å². The molecule has 1 atom stereocenters. The van der Waals surface area contributed by atoms with Gasteiger partial charge in [-0.05, 0) is 11.6 Å². The van der Waals surface area contributed by atoms with Crippen molar-refractivity contribution in [3.05, 3.63) is 78.2 Å². The molecule has 0 fully saturated rings. The molecule has 0 aliphatic carbocycles. The van der Waals surface area contributed by atoms with Gasteiger partial charge < -0.3 is 24.7 Å². The van der Waals surface area contributed by atoms with Crippen LogP contribution >= 0.6 is 11.6 Å². The summed E-state index contributed by atoms with van der Waals surface area (Å²) in [5, 5.41) is 20.2. The molecular formula is C17H13ClN2O8. The van der Waals surface area contributed by atoms with Gasteiger partial charge in [0.1, 0.15) is 23.0 Å². The Morgan fingerprint density at radius 1 is 1.43 bits per heavy atom. The first-order valence-electron chi connectivity index (χ1n) is 7.75. The van der Waals surface area contributed by atoms with Crippen LogP contribution in [0.3, 0.4) is 0 Å². The highest BCUT2D eigenvalue weighted by molar-refractivity contribution is 6.32. The van der Waals surface area contributed by atoms with E-state index in [4.69, 9.17) is 31.2 Å². The standard InChI is InChI=1S/C17H13ClN2O8/c1-26-17(23)13-12(7-2-3-10(20(24)25)9(18)4-7)15-14(28-16(13)19)11(22)5-8(6-21)27-15/h2-5,12,21H,6,19H2,1H3/t12-/m0/s1. The van der Waals surface area contributed by atoms with Gasteiger partial charge in [-0.25, -0.2) is 4.79 Å². The zero-order valence-electron chi connectivity index (χ0n) is 14.3. The number of rotatable bonds is 4. The van der Waals surface area contributed by atoms with Gasteiger partial charge in [-0.3, -0.25) is 14.9 Å². The van der Waals surface area contributed by atoms with Crippen molar-refractivity contribution in [3.8, 4) is 5.75 Å². The number of fused-ring (bicyclic) bond motifs is 1. The van der Waals surface area contributed by atoms with E-state index in [0.29, 0.717) is 0 Å². The number of halogens is 1. The number of nitro groups is 1. The molecule has 1 aromatic carbocycles. The van der Waals surface area contributed by atoms with Crippen LogP contribution in [0, 0.1) is 10.1 Å². The molecule has 11 heteroatoms. The number of nitrogens with two attached hydrogens (primary N) is 1. The van der Waals surface area contributed by atoms with Crippen LogP contribution in [0.4, 0.5) is 5.69 Å². The molecule has 0 unspecified atom stereocenters. The number of nitro benzene ring substituents is 1. The summed E-state index contributed by atoms with van der Waals surface area (Å²) < 4.78 is 15.5. The van der Waals surface area contributed by atoms with Crippen LogP contribution in [0.5, 0.6) is 5.75 Å². The summed E-state index contributed by atoms with van der Waals surface area (Å²) in [4.78, 5) is 35.0. The molecule has 2 aromatic rings. The third kappa shape index (κ3) is 3.19. The first-order chi connectivity index (χ1) is 13.3. The highest BCUT2D eigenvalue weighted by atomic mass is 35.5. The zero-order chi connectivity index (χ0) is 20.6. The van der Waals surface area contributed by atoms with Crippen molar-refractivity contribution in [1.82, 2.24) is 0 Å². The number of aliphatic hydroxyl groups is 1. The number of aliphatic hydroxyl groups excluding tert-OH is 1. The summed E-state index contributed by atoms with van der Waals surface area (Å²) in [7, 11) is 1.12. The van der Waals surface area contributed by atoms with E-state index in [9.17, 15) is 24.8 Å². The number of esters is 1. The van der Waals surface area contributed by atoms with Gasteiger partial charge >= 0.3 is 5.97 Å². The molecule has 3 N–H and O–H groups in total. The van der Waals surface area contributed by atoms with E-state index in [2.05, 4.69) is 0 Å². The van der Waals surface area contributed by atoms with Crippen molar-refractivity contribution in [1.29, 1.82) is 0 Å². The molecule has 2 heterocycles. The van der Waals surface area contributed by atoms with Crippen molar-refractivity contribution in [2.24, 2.45) is 5.73 Å². The summed E-state index contributed by atoms with van der Waals surface area (Å²) >= 11 is 5.99. The monoisotopic (exact) mass is 408 g/mol. The van der Waals surface area contributed by atoms with E-state index in [1.807, 2.05) is 0 Å². The van der Waals surface area contributed by atoms with Gasteiger partial charge in [-0.1, -0.05) is 17.7 Å². The maximum atomic E-state index is 12.3. The Labute approximate surface area is 161 Å². The molecule has 1 aromatic heterocycles. The quantitative estimate of drug-likeness (QED) is 0.435. The molecule has 28 heavy (non-hydrogen) atoms. The van der Waals surface area contributed by atoms with Gasteiger partial charge in [0, 0.05) is 12.1 Å². The summed E-state index contributed by atoms with van der Waals surface area (Å²) in [5.41, 5.74) is 4.95. The first-order valence-corrected chi connectivity index (χ1v) is 8.13. The number of carbonyl (C=O) groups excluding carboxylic acids is 1. The lowest BCUT2D eigenvalue weighted by Crippen LogP contribution is -2.29. The fourth-order valence-electron chi connectivity index (χ4n) is 2.85. The maximum absolute atomic E-state index is 12.3. The number of benzene rings is 1. The Bertz CT molecular complexity index is 1080. The Morgan fingerprint density at radius 3 is 2.71 bits per heavy atom. The summed E-state index contributed by atoms with van der Waals surface area (Å²) in [6.45, 7) is -0.580. The van der Waals surface area contributed by atoms with Crippen LogP contribution in [-0.4, -0.2) is 23.1 Å². The van der Waals surface area contributed by atoms with Crippen LogP contribution in [0.1, 0.15) is 23.0 Å². The van der Waals surface area contributed by atoms with E-state index >= 15 is 0 Å². The lowest BCUT2D eigenvalue weighted by atomic mass is 9.86. The second kappa shape index (κ2) is 7.33. The molecule has 1 aliphatic rings. The van der Waals surface area contributed by atoms with E-state index in [1.165, 1.54) is 12.1 Å². The van der Waals surface area contributed by atoms with Crippen molar-refractivity contribution in [3.63, 3.8) is 0 Å². The van der Waals surface area contributed by atoms with Crippen LogP contribution in [0.15, 0.2) is 44.9 Å². The molecule has 10 nitrogen and oxygen atoms in total. The van der Waals surface area contributed by atoms with Crippen LogP contribution in [0.2, 0.25) is 5.02 Å². The molecule has 0 radical (unpaired) electrons. The highest BCUT2D eigenvalue weighted by Crippen LogP contribution is 2.43. The fraction of sp³-hybridized carbons (Fsp3) is 0.176. The number of hydrogen-bond donors (Lipinski definition) is 2. The predicted octanol–water partition coefficient (Wildman–Crippen LogP) is 1.56. The Kier molecular flexibility index (Phi) is 5.08. The number of ether oxygens (including phenoxy) is 2. The Balaban J connectivity index is 2.30. The fourth-order valence-corrected chi connectivity index (χ4v) is 3.11. The van der Waals surface area contributed by atoms with Crippen molar-refractivity contribution in [2.45, 2.75) is 12.5 Å². The van der Waals surface area contributed by atoms with Gasteiger partial charge in [0.15, 0.2) is 5.76 Å². The van der Waals surface area contributed by atoms with Gasteiger partial charge in [0.05, 0.1) is 18.0 Å². The number of nitrogens with zero attached hydrogens (tertiary/aromatic N) is 1. The molecular weight excluding hydrogens is 396 g/mol. The predicted molar refractivity (Wildman–Crippen MR) is 94.7 cm³/mol.